The van der Waals surface area contributed by atoms with Crippen LogP contribution in [-0.2, 0) is 4.74 Å². The summed E-state index contributed by atoms with van der Waals surface area (Å²) < 4.78 is 5.17. The Hall–Kier alpha value is -2.02. The fourth-order valence-electron chi connectivity index (χ4n) is 1.58. The van der Waals surface area contributed by atoms with Gasteiger partial charge in [-0.3, -0.25) is 0 Å². The number of aryl methyl sites for hydroxylation is 1. The van der Waals surface area contributed by atoms with E-state index in [1.165, 1.54) is 0 Å². The van der Waals surface area contributed by atoms with Gasteiger partial charge in [-0.25, -0.2) is 9.59 Å². The SMILES string of the molecule is CCOCC(C)NC(=O)Nc1cc(C)[nH]c1C(=O)O. The molecular formula is C12H19N3O4. The number of carbonyl (C=O) groups is 2. The Bertz CT molecular complexity index is 456. The monoisotopic (exact) mass is 269 g/mol. The first kappa shape index (κ1) is 15.0. The highest BCUT2D eigenvalue weighted by Crippen LogP contribution is 2.16. The van der Waals surface area contributed by atoms with Gasteiger partial charge in [-0.05, 0) is 26.8 Å². The lowest BCUT2D eigenvalue weighted by Gasteiger charge is -2.14. The van der Waals surface area contributed by atoms with Gasteiger partial charge in [0.25, 0.3) is 0 Å². The molecule has 1 aromatic rings. The maximum Gasteiger partial charge on any atom is 0.354 e. The Kier molecular flexibility index (Phi) is 5.37. The maximum atomic E-state index is 11.7. The summed E-state index contributed by atoms with van der Waals surface area (Å²) in [7, 11) is 0. The third-order valence-corrected chi connectivity index (χ3v) is 2.36. The Morgan fingerprint density at radius 2 is 2.21 bits per heavy atom. The number of rotatable bonds is 6. The van der Waals surface area contributed by atoms with Gasteiger partial charge in [-0.15, -0.1) is 0 Å². The number of aromatic amines is 1. The van der Waals surface area contributed by atoms with E-state index < -0.39 is 12.0 Å². The zero-order chi connectivity index (χ0) is 14.4. The first-order valence-electron chi connectivity index (χ1n) is 6.02. The lowest BCUT2D eigenvalue weighted by molar-refractivity contribution is 0.0692. The van der Waals surface area contributed by atoms with Crippen molar-refractivity contribution >= 4 is 17.7 Å². The number of anilines is 1. The topological polar surface area (TPSA) is 103 Å². The molecule has 0 aliphatic rings. The molecule has 0 radical (unpaired) electrons. The number of ether oxygens (including phenoxy) is 1. The highest BCUT2D eigenvalue weighted by Gasteiger charge is 2.16. The summed E-state index contributed by atoms with van der Waals surface area (Å²) in [6.45, 7) is 6.37. The van der Waals surface area contributed by atoms with Crippen LogP contribution < -0.4 is 10.6 Å². The zero-order valence-corrected chi connectivity index (χ0v) is 11.2. The minimum Gasteiger partial charge on any atom is -0.477 e. The maximum absolute atomic E-state index is 11.7. The summed E-state index contributed by atoms with van der Waals surface area (Å²) in [5.74, 6) is -1.12. The molecule has 1 unspecified atom stereocenters. The minimum atomic E-state index is -1.12. The third-order valence-electron chi connectivity index (χ3n) is 2.36. The standard InChI is InChI=1S/C12H19N3O4/c1-4-19-6-8(3)14-12(18)15-9-5-7(2)13-10(9)11(16)17/h5,8,13H,4,6H2,1-3H3,(H,16,17)(H2,14,15,18). The lowest BCUT2D eigenvalue weighted by Crippen LogP contribution is -2.39. The van der Waals surface area contributed by atoms with Gasteiger partial charge in [0.05, 0.1) is 18.3 Å². The number of carbonyl (C=O) groups excluding carboxylic acids is 1. The largest absolute Gasteiger partial charge is 0.477 e. The van der Waals surface area contributed by atoms with E-state index in [4.69, 9.17) is 9.84 Å². The Morgan fingerprint density at radius 3 is 2.79 bits per heavy atom. The summed E-state index contributed by atoms with van der Waals surface area (Å²) in [6, 6.07) is 0.943. The molecule has 2 amide bonds. The van der Waals surface area contributed by atoms with Crippen molar-refractivity contribution in [2.24, 2.45) is 0 Å². The fourth-order valence-corrected chi connectivity index (χ4v) is 1.58. The minimum absolute atomic E-state index is 0.0369. The quantitative estimate of drug-likeness (QED) is 0.629. The van der Waals surface area contributed by atoms with E-state index in [1.807, 2.05) is 6.92 Å². The first-order chi connectivity index (χ1) is 8.93. The van der Waals surface area contributed by atoms with Crippen LogP contribution >= 0.6 is 0 Å². The van der Waals surface area contributed by atoms with Gasteiger partial charge in [0.2, 0.25) is 0 Å². The van der Waals surface area contributed by atoms with Crippen molar-refractivity contribution in [1.82, 2.24) is 10.3 Å². The molecule has 0 aliphatic heterocycles. The molecule has 7 heteroatoms. The van der Waals surface area contributed by atoms with Gasteiger partial charge in [-0.1, -0.05) is 0 Å². The van der Waals surface area contributed by atoms with Crippen molar-refractivity contribution in [3.63, 3.8) is 0 Å². The summed E-state index contributed by atoms with van der Waals surface area (Å²) in [4.78, 5) is 25.3. The van der Waals surface area contributed by atoms with Gasteiger partial charge < -0.3 is 25.5 Å². The molecule has 19 heavy (non-hydrogen) atoms. The van der Waals surface area contributed by atoms with E-state index in [-0.39, 0.29) is 17.4 Å². The van der Waals surface area contributed by atoms with Crippen molar-refractivity contribution in [2.75, 3.05) is 18.5 Å². The molecule has 7 nitrogen and oxygen atoms in total. The van der Waals surface area contributed by atoms with Crippen LogP contribution in [-0.4, -0.2) is 41.3 Å². The molecule has 106 valence electrons. The van der Waals surface area contributed by atoms with Crippen molar-refractivity contribution in [3.8, 4) is 0 Å². The summed E-state index contributed by atoms with van der Waals surface area (Å²) in [5.41, 5.74) is 0.867. The molecule has 1 heterocycles. The van der Waals surface area contributed by atoms with Crippen LogP contribution in [0, 0.1) is 6.92 Å². The zero-order valence-electron chi connectivity index (χ0n) is 11.2. The van der Waals surface area contributed by atoms with Crippen LogP contribution in [0.1, 0.15) is 30.0 Å². The van der Waals surface area contributed by atoms with Crippen LogP contribution in [0.15, 0.2) is 6.07 Å². The molecule has 1 rings (SSSR count). The number of aromatic nitrogens is 1. The van der Waals surface area contributed by atoms with Crippen molar-refractivity contribution in [3.05, 3.63) is 17.5 Å². The summed E-state index contributed by atoms with van der Waals surface area (Å²) >= 11 is 0. The van der Waals surface area contributed by atoms with Crippen molar-refractivity contribution in [1.29, 1.82) is 0 Å². The molecule has 0 saturated carbocycles. The second-order valence-corrected chi connectivity index (χ2v) is 4.21. The van der Waals surface area contributed by atoms with E-state index in [0.717, 1.165) is 0 Å². The molecule has 0 fully saturated rings. The van der Waals surface area contributed by atoms with Crippen LogP contribution in [0.3, 0.4) is 0 Å². The van der Waals surface area contributed by atoms with E-state index in [1.54, 1.807) is 19.9 Å². The third kappa shape index (κ3) is 4.63. The van der Waals surface area contributed by atoms with E-state index in [9.17, 15) is 9.59 Å². The molecule has 0 aromatic carbocycles. The molecular weight excluding hydrogens is 250 g/mol. The Balaban J connectivity index is 2.59. The van der Waals surface area contributed by atoms with Gasteiger partial charge >= 0.3 is 12.0 Å². The number of carboxylic acids is 1. The molecule has 0 saturated heterocycles. The number of urea groups is 1. The van der Waals surface area contributed by atoms with E-state index in [0.29, 0.717) is 18.9 Å². The smallest absolute Gasteiger partial charge is 0.354 e. The molecule has 0 bridgehead atoms. The Labute approximate surface area is 111 Å². The average Bonchev–Trinajstić information content (AvgIpc) is 2.67. The summed E-state index contributed by atoms with van der Waals surface area (Å²) in [5, 5.41) is 14.1. The molecule has 0 aliphatic carbocycles. The Morgan fingerprint density at radius 1 is 1.53 bits per heavy atom. The highest BCUT2D eigenvalue weighted by atomic mass is 16.5. The number of aromatic carboxylic acids is 1. The number of hydrogen-bond donors (Lipinski definition) is 4. The number of H-pyrrole nitrogens is 1. The van der Waals surface area contributed by atoms with Gasteiger partial charge in [0.1, 0.15) is 5.69 Å². The normalized spacial score (nSPS) is 11.9. The predicted molar refractivity (Wildman–Crippen MR) is 70.6 cm³/mol. The lowest BCUT2D eigenvalue weighted by atomic mass is 10.3. The summed E-state index contributed by atoms with van der Waals surface area (Å²) in [6.07, 6.45) is 0. The van der Waals surface area contributed by atoms with Crippen LogP contribution in [0.5, 0.6) is 0 Å². The van der Waals surface area contributed by atoms with Crippen LogP contribution in [0.4, 0.5) is 10.5 Å². The molecule has 1 aromatic heterocycles. The molecule has 4 N–H and O–H groups in total. The number of amides is 2. The fraction of sp³-hybridized carbons (Fsp3) is 0.500. The second kappa shape index (κ2) is 6.79. The number of nitrogens with one attached hydrogen (secondary N) is 3. The van der Waals surface area contributed by atoms with E-state index in [2.05, 4.69) is 15.6 Å². The molecule has 0 spiro atoms. The van der Waals surface area contributed by atoms with Crippen LogP contribution in [0.2, 0.25) is 0 Å². The van der Waals surface area contributed by atoms with Crippen LogP contribution in [0.25, 0.3) is 0 Å². The first-order valence-corrected chi connectivity index (χ1v) is 6.02. The number of hydrogen-bond acceptors (Lipinski definition) is 3. The average molecular weight is 269 g/mol. The predicted octanol–water partition coefficient (Wildman–Crippen LogP) is 1.57. The van der Waals surface area contributed by atoms with E-state index >= 15 is 0 Å². The van der Waals surface area contributed by atoms with Gasteiger partial charge in [0, 0.05) is 12.3 Å². The van der Waals surface area contributed by atoms with Crippen molar-refractivity contribution in [2.45, 2.75) is 26.8 Å². The number of carboxylic acid groups (broad SMARTS) is 1. The van der Waals surface area contributed by atoms with Gasteiger partial charge in [0.15, 0.2) is 0 Å². The highest BCUT2D eigenvalue weighted by molar-refractivity contribution is 5.99. The van der Waals surface area contributed by atoms with Crippen molar-refractivity contribution < 1.29 is 19.4 Å². The second-order valence-electron chi connectivity index (χ2n) is 4.21. The molecule has 1 atom stereocenters. The van der Waals surface area contributed by atoms with Gasteiger partial charge in [-0.2, -0.15) is 0 Å².